The van der Waals surface area contributed by atoms with Crippen LogP contribution < -0.4 is 0 Å². The zero-order valence-electron chi connectivity index (χ0n) is 10.7. The lowest BCUT2D eigenvalue weighted by Gasteiger charge is -2.34. The average molecular weight is 247 g/mol. The Bertz CT molecular complexity index is 448. The predicted molar refractivity (Wildman–Crippen MR) is 67.1 cm³/mol. The van der Waals surface area contributed by atoms with Crippen LogP contribution >= 0.6 is 0 Å². The van der Waals surface area contributed by atoms with Crippen LogP contribution in [0.5, 0.6) is 0 Å². The van der Waals surface area contributed by atoms with Gasteiger partial charge in [-0.25, -0.2) is 0 Å². The minimum absolute atomic E-state index is 0.00861. The topological polar surface area (TPSA) is 53.5 Å². The number of pyridine rings is 1. The van der Waals surface area contributed by atoms with Gasteiger partial charge in [-0.05, 0) is 19.1 Å². The van der Waals surface area contributed by atoms with E-state index in [-0.39, 0.29) is 11.8 Å². The molecule has 0 saturated carbocycles. The molecule has 18 heavy (non-hydrogen) atoms. The molecule has 1 fully saturated rings. The maximum absolute atomic E-state index is 12.2. The molecule has 1 aliphatic heterocycles. The molecule has 0 radical (unpaired) electrons. The van der Waals surface area contributed by atoms with Gasteiger partial charge in [0.15, 0.2) is 0 Å². The molecule has 1 aromatic rings. The molecule has 2 amide bonds. The van der Waals surface area contributed by atoms with Crippen molar-refractivity contribution in [3.05, 3.63) is 29.6 Å². The van der Waals surface area contributed by atoms with Crippen molar-refractivity contribution in [2.45, 2.75) is 13.8 Å². The second-order valence-corrected chi connectivity index (χ2v) is 4.49. The van der Waals surface area contributed by atoms with Crippen LogP contribution in [0.25, 0.3) is 0 Å². The third kappa shape index (κ3) is 2.67. The Morgan fingerprint density at radius 2 is 1.72 bits per heavy atom. The first kappa shape index (κ1) is 12.5. The number of aromatic nitrogens is 1. The number of nitrogens with zero attached hydrogens (tertiary/aromatic N) is 3. The average Bonchev–Trinajstić information content (AvgIpc) is 2.39. The standard InChI is InChI=1S/C13H17N3O2/c1-10-3-4-12(9-14-10)13(18)16-7-5-15(6-8-16)11(2)17/h3-4,9H,5-8H2,1-2H3. The summed E-state index contributed by atoms with van der Waals surface area (Å²) >= 11 is 0. The molecule has 0 bridgehead atoms. The van der Waals surface area contributed by atoms with Gasteiger partial charge in [-0.2, -0.15) is 0 Å². The van der Waals surface area contributed by atoms with Crippen molar-refractivity contribution < 1.29 is 9.59 Å². The summed E-state index contributed by atoms with van der Waals surface area (Å²) in [6.45, 7) is 5.85. The third-order valence-electron chi connectivity index (χ3n) is 3.17. The smallest absolute Gasteiger partial charge is 0.255 e. The summed E-state index contributed by atoms with van der Waals surface area (Å²) in [6, 6.07) is 3.63. The molecule has 0 N–H and O–H groups in total. The van der Waals surface area contributed by atoms with E-state index in [1.165, 1.54) is 0 Å². The van der Waals surface area contributed by atoms with Gasteiger partial charge in [-0.1, -0.05) is 0 Å². The van der Waals surface area contributed by atoms with Crippen LogP contribution in [0.15, 0.2) is 18.3 Å². The van der Waals surface area contributed by atoms with Crippen molar-refractivity contribution in [2.75, 3.05) is 26.2 Å². The normalized spacial score (nSPS) is 15.7. The molecule has 96 valence electrons. The summed E-state index contributed by atoms with van der Waals surface area (Å²) in [5, 5.41) is 0. The van der Waals surface area contributed by atoms with Crippen molar-refractivity contribution >= 4 is 11.8 Å². The van der Waals surface area contributed by atoms with Crippen LogP contribution in [-0.2, 0) is 4.79 Å². The van der Waals surface area contributed by atoms with E-state index in [1.54, 1.807) is 29.0 Å². The Balaban J connectivity index is 1.99. The van der Waals surface area contributed by atoms with Gasteiger partial charge >= 0.3 is 0 Å². The van der Waals surface area contributed by atoms with Gasteiger partial charge in [0, 0.05) is 45.0 Å². The number of hydrogen-bond acceptors (Lipinski definition) is 3. The lowest BCUT2D eigenvalue weighted by atomic mass is 10.2. The fraction of sp³-hybridized carbons (Fsp3) is 0.462. The Morgan fingerprint density at radius 3 is 2.22 bits per heavy atom. The lowest BCUT2D eigenvalue weighted by molar-refractivity contribution is -0.130. The predicted octanol–water partition coefficient (Wildman–Crippen LogP) is 0.694. The summed E-state index contributed by atoms with van der Waals surface area (Å²) in [5.41, 5.74) is 1.50. The van der Waals surface area contributed by atoms with E-state index in [1.807, 2.05) is 13.0 Å². The highest BCUT2D eigenvalue weighted by Crippen LogP contribution is 2.08. The summed E-state index contributed by atoms with van der Waals surface area (Å²) in [6.07, 6.45) is 1.61. The number of aryl methyl sites for hydroxylation is 1. The van der Waals surface area contributed by atoms with Crippen molar-refractivity contribution in [1.29, 1.82) is 0 Å². The van der Waals surface area contributed by atoms with E-state index >= 15 is 0 Å². The first-order valence-electron chi connectivity index (χ1n) is 6.05. The quantitative estimate of drug-likeness (QED) is 0.734. The second-order valence-electron chi connectivity index (χ2n) is 4.49. The Kier molecular flexibility index (Phi) is 3.60. The largest absolute Gasteiger partial charge is 0.339 e. The van der Waals surface area contributed by atoms with Crippen molar-refractivity contribution in [3.8, 4) is 0 Å². The molecule has 0 unspecified atom stereocenters. The molecular weight excluding hydrogens is 230 g/mol. The van der Waals surface area contributed by atoms with Crippen LogP contribution in [0.1, 0.15) is 23.0 Å². The number of hydrogen-bond donors (Lipinski definition) is 0. The van der Waals surface area contributed by atoms with Gasteiger partial charge < -0.3 is 9.80 Å². The lowest BCUT2D eigenvalue weighted by Crippen LogP contribution is -2.50. The van der Waals surface area contributed by atoms with Gasteiger partial charge in [0.05, 0.1) is 5.56 Å². The molecule has 5 nitrogen and oxygen atoms in total. The maximum Gasteiger partial charge on any atom is 0.255 e. The molecule has 1 aromatic heterocycles. The second kappa shape index (κ2) is 5.16. The molecule has 2 rings (SSSR count). The van der Waals surface area contributed by atoms with E-state index in [0.29, 0.717) is 31.7 Å². The molecule has 0 aliphatic carbocycles. The Labute approximate surface area is 106 Å². The van der Waals surface area contributed by atoms with E-state index in [0.717, 1.165) is 5.69 Å². The summed E-state index contributed by atoms with van der Waals surface area (Å²) < 4.78 is 0. The van der Waals surface area contributed by atoms with Crippen LogP contribution in [0.4, 0.5) is 0 Å². The van der Waals surface area contributed by atoms with Crippen molar-refractivity contribution in [1.82, 2.24) is 14.8 Å². The molecule has 0 aromatic carbocycles. The summed E-state index contributed by atoms with van der Waals surface area (Å²) in [4.78, 5) is 31.0. The molecular formula is C13H17N3O2. The van der Waals surface area contributed by atoms with Crippen LogP contribution in [0, 0.1) is 6.92 Å². The molecule has 5 heteroatoms. The number of carbonyl (C=O) groups excluding carboxylic acids is 2. The first-order chi connectivity index (χ1) is 8.58. The van der Waals surface area contributed by atoms with Gasteiger partial charge in [0.1, 0.15) is 0 Å². The highest BCUT2D eigenvalue weighted by Gasteiger charge is 2.23. The fourth-order valence-electron chi connectivity index (χ4n) is 2.00. The zero-order valence-corrected chi connectivity index (χ0v) is 10.7. The molecule has 1 aliphatic rings. The highest BCUT2D eigenvalue weighted by atomic mass is 16.2. The van der Waals surface area contributed by atoms with E-state index in [2.05, 4.69) is 4.98 Å². The molecule has 1 saturated heterocycles. The highest BCUT2D eigenvalue weighted by molar-refractivity contribution is 5.94. The molecule has 0 atom stereocenters. The minimum Gasteiger partial charge on any atom is -0.339 e. The van der Waals surface area contributed by atoms with Gasteiger partial charge in [0.2, 0.25) is 5.91 Å². The number of rotatable bonds is 1. The summed E-state index contributed by atoms with van der Waals surface area (Å²) in [7, 11) is 0. The molecule has 2 heterocycles. The number of carbonyl (C=O) groups is 2. The number of piperazine rings is 1. The zero-order chi connectivity index (χ0) is 13.1. The first-order valence-corrected chi connectivity index (χ1v) is 6.05. The fourth-order valence-corrected chi connectivity index (χ4v) is 2.00. The van der Waals surface area contributed by atoms with Gasteiger partial charge in [-0.3, -0.25) is 14.6 Å². The van der Waals surface area contributed by atoms with E-state index in [4.69, 9.17) is 0 Å². The van der Waals surface area contributed by atoms with Crippen LogP contribution in [0.3, 0.4) is 0 Å². The third-order valence-corrected chi connectivity index (χ3v) is 3.17. The van der Waals surface area contributed by atoms with E-state index < -0.39 is 0 Å². The monoisotopic (exact) mass is 247 g/mol. The van der Waals surface area contributed by atoms with Gasteiger partial charge in [-0.15, -0.1) is 0 Å². The minimum atomic E-state index is -0.00861. The Morgan fingerprint density at radius 1 is 1.11 bits per heavy atom. The SMILES string of the molecule is CC(=O)N1CCN(C(=O)c2ccc(C)nc2)CC1. The summed E-state index contributed by atoms with van der Waals surface area (Å²) in [5.74, 6) is 0.0600. The van der Waals surface area contributed by atoms with Crippen LogP contribution in [0.2, 0.25) is 0 Å². The van der Waals surface area contributed by atoms with E-state index in [9.17, 15) is 9.59 Å². The van der Waals surface area contributed by atoms with Crippen molar-refractivity contribution in [3.63, 3.8) is 0 Å². The van der Waals surface area contributed by atoms with Gasteiger partial charge in [0.25, 0.3) is 5.91 Å². The maximum atomic E-state index is 12.2. The number of amides is 2. The van der Waals surface area contributed by atoms with Crippen LogP contribution in [-0.4, -0.2) is 52.8 Å². The Hall–Kier alpha value is -1.91. The van der Waals surface area contributed by atoms with Crippen molar-refractivity contribution in [2.24, 2.45) is 0 Å². The molecule has 0 spiro atoms.